The molecule has 20 heavy (non-hydrogen) atoms. The van der Waals surface area contributed by atoms with Gasteiger partial charge in [-0.2, -0.15) is 0 Å². The van der Waals surface area contributed by atoms with Gasteiger partial charge in [0, 0.05) is 20.9 Å². The van der Waals surface area contributed by atoms with E-state index in [2.05, 4.69) is 31.9 Å². The van der Waals surface area contributed by atoms with Crippen LogP contribution in [0.1, 0.15) is 22.2 Å². The first-order valence-corrected chi connectivity index (χ1v) is 8.78. The molecule has 106 valence electrons. The molecule has 2 rings (SSSR count). The number of hydrogen-bond donors (Lipinski definition) is 0. The van der Waals surface area contributed by atoms with Crippen molar-refractivity contribution >= 4 is 60.7 Å². The Labute approximate surface area is 144 Å². The van der Waals surface area contributed by atoms with Crippen molar-refractivity contribution in [1.82, 2.24) is 4.90 Å². The molecule has 0 bridgehead atoms. The molecule has 0 saturated carbocycles. The number of hydrogen-bond acceptors (Lipinski definition) is 2. The van der Waals surface area contributed by atoms with Crippen molar-refractivity contribution in [2.75, 3.05) is 6.54 Å². The van der Waals surface area contributed by atoms with Crippen LogP contribution in [-0.2, 0) is 6.54 Å². The van der Waals surface area contributed by atoms with E-state index in [9.17, 15) is 4.79 Å². The molecule has 0 radical (unpaired) electrons. The molecule has 0 N–H and O–H groups in total. The number of benzene rings is 1. The maximum absolute atomic E-state index is 12.6. The number of rotatable bonds is 4. The summed E-state index contributed by atoms with van der Waals surface area (Å²) < 4.78 is 1.80. The first-order chi connectivity index (χ1) is 9.51. The van der Waals surface area contributed by atoms with Crippen LogP contribution >= 0.6 is 54.8 Å². The number of carbonyl (C=O) groups is 1. The minimum Gasteiger partial charge on any atom is -0.334 e. The summed E-state index contributed by atoms with van der Waals surface area (Å²) >= 11 is 14.4. The Balaban J connectivity index is 2.20. The van der Waals surface area contributed by atoms with Crippen LogP contribution in [0, 0.1) is 0 Å². The largest absolute Gasteiger partial charge is 0.334 e. The highest BCUT2D eigenvalue weighted by Gasteiger charge is 2.18. The van der Waals surface area contributed by atoms with Gasteiger partial charge in [0.15, 0.2) is 0 Å². The number of halogens is 3. The lowest BCUT2D eigenvalue weighted by molar-refractivity contribution is 0.0753. The standard InChI is InChI=1S/C14H12Br2ClNOS/c1-2-18(8-10-4-6-13(16)20-10)14(19)11-5-3-9(17)7-12(11)15/h3-7H,2,8H2,1H3. The molecule has 1 aromatic carbocycles. The van der Waals surface area contributed by atoms with Crippen LogP contribution in [0.2, 0.25) is 5.02 Å². The first kappa shape index (κ1) is 16.0. The quantitative estimate of drug-likeness (QED) is 0.611. The number of amides is 1. The summed E-state index contributed by atoms with van der Waals surface area (Å²) in [7, 11) is 0. The number of nitrogens with zero attached hydrogens (tertiary/aromatic N) is 1. The van der Waals surface area contributed by atoms with Gasteiger partial charge < -0.3 is 4.90 Å². The second kappa shape index (κ2) is 7.07. The molecule has 0 aliphatic heterocycles. The predicted molar refractivity (Wildman–Crippen MR) is 91.6 cm³/mol. The summed E-state index contributed by atoms with van der Waals surface area (Å²) in [6.07, 6.45) is 0. The lowest BCUT2D eigenvalue weighted by atomic mass is 10.2. The van der Waals surface area contributed by atoms with Gasteiger partial charge in [-0.3, -0.25) is 4.79 Å². The van der Waals surface area contributed by atoms with E-state index >= 15 is 0 Å². The third kappa shape index (κ3) is 3.85. The van der Waals surface area contributed by atoms with Crippen LogP contribution < -0.4 is 0 Å². The summed E-state index contributed by atoms with van der Waals surface area (Å²) in [5.41, 5.74) is 0.631. The molecule has 0 unspecified atom stereocenters. The summed E-state index contributed by atoms with van der Waals surface area (Å²) in [6.45, 7) is 3.24. The Kier molecular flexibility index (Phi) is 5.66. The summed E-state index contributed by atoms with van der Waals surface area (Å²) in [5, 5.41) is 0.610. The number of carbonyl (C=O) groups excluding carboxylic acids is 1. The minimum atomic E-state index is 0.000522. The van der Waals surface area contributed by atoms with Crippen LogP contribution in [0.15, 0.2) is 38.6 Å². The molecule has 1 amide bonds. The van der Waals surface area contributed by atoms with Gasteiger partial charge in [-0.25, -0.2) is 0 Å². The topological polar surface area (TPSA) is 20.3 Å². The van der Waals surface area contributed by atoms with E-state index in [-0.39, 0.29) is 5.91 Å². The molecule has 1 aromatic heterocycles. The zero-order chi connectivity index (χ0) is 14.7. The molecule has 0 aliphatic rings. The van der Waals surface area contributed by atoms with Crippen molar-refractivity contribution in [3.63, 3.8) is 0 Å². The van der Waals surface area contributed by atoms with Crippen LogP contribution in [-0.4, -0.2) is 17.4 Å². The zero-order valence-corrected chi connectivity index (χ0v) is 15.4. The van der Waals surface area contributed by atoms with Crippen molar-refractivity contribution in [2.45, 2.75) is 13.5 Å². The van der Waals surface area contributed by atoms with Gasteiger partial charge in [0.25, 0.3) is 5.91 Å². The maximum atomic E-state index is 12.6. The zero-order valence-electron chi connectivity index (χ0n) is 10.7. The van der Waals surface area contributed by atoms with E-state index in [1.54, 1.807) is 29.5 Å². The van der Waals surface area contributed by atoms with E-state index in [1.165, 1.54) is 0 Å². The normalized spacial score (nSPS) is 10.6. The van der Waals surface area contributed by atoms with Gasteiger partial charge in [0.1, 0.15) is 0 Å². The van der Waals surface area contributed by atoms with E-state index in [0.29, 0.717) is 23.7 Å². The fraction of sp³-hybridized carbons (Fsp3) is 0.214. The highest BCUT2D eigenvalue weighted by atomic mass is 79.9. The smallest absolute Gasteiger partial charge is 0.255 e. The van der Waals surface area contributed by atoms with Gasteiger partial charge in [-0.05, 0) is 69.1 Å². The van der Waals surface area contributed by atoms with E-state index in [0.717, 1.165) is 13.1 Å². The summed E-state index contributed by atoms with van der Waals surface area (Å²) in [6, 6.07) is 9.25. The fourth-order valence-corrected chi connectivity index (χ4v) is 4.14. The molecule has 0 spiro atoms. The molecule has 0 saturated heterocycles. The molecule has 6 heteroatoms. The Bertz CT molecular complexity index is 629. The molecular formula is C14H12Br2ClNOS. The number of thiophene rings is 1. The Morgan fingerprint density at radius 3 is 2.60 bits per heavy atom. The van der Waals surface area contributed by atoms with Crippen LogP contribution in [0.25, 0.3) is 0 Å². The average molecular weight is 438 g/mol. The Morgan fingerprint density at radius 2 is 2.05 bits per heavy atom. The van der Waals surface area contributed by atoms with Crippen molar-refractivity contribution in [3.05, 3.63) is 54.1 Å². The van der Waals surface area contributed by atoms with Crippen LogP contribution in [0.4, 0.5) is 0 Å². The van der Waals surface area contributed by atoms with Gasteiger partial charge in [0.05, 0.1) is 15.9 Å². The van der Waals surface area contributed by atoms with Crippen molar-refractivity contribution in [2.24, 2.45) is 0 Å². The minimum absolute atomic E-state index is 0.000522. The van der Waals surface area contributed by atoms with Gasteiger partial charge >= 0.3 is 0 Å². The van der Waals surface area contributed by atoms with Crippen LogP contribution in [0.5, 0.6) is 0 Å². The maximum Gasteiger partial charge on any atom is 0.255 e. The lowest BCUT2D eigenvalue weighted by Crippen LogP contribution is -2.30. The second-order valence-corrected chi connectivity index (χ2v) is 7.99. The second-order valence-electron chi connectivity index (χ2n) is 4.15. The van der Waals surface area contributed by atoms with E-state index in [1.807, 2.05) is 24.0 Å². The third-order valence-corrected chi connectivity index (χ3v) is 5.31. The van der Waals surface area contributed by atoms with Crippen LogP contribution in [0.3, 0.4) is 0 Å². The fourth-order valence-electron chi connectivity index (χ4n) is 1.79. The van der Waals surface area contributed by atoms with E-state index in [4.69, 9.17) is 11.6 Å². The first-order valence-electron chi connectivity index (χ1n) is 5.99. The van der Waals surface area contributed by atoms with Gasteiger partial charge in [-0.1, -0.05) is 11.6 Å². The summed E-state index contributed by atoms with van der Waals surface area (Å²) in [5.74, 6) is 0.000522. The highest BCUT2D eigenvalue weighted by molar-refractivity contribution is 9.11. The molecule has 2 nitrogen and oxygen atoms in total. The van der Waals surface area contributed by atoms with Crippen molar-refractivity contribution in [3.8, 4) is 0 Å². The highest BCUT2D eigenvalue weighted by Crippen LogP contribution is 2.26. The molecule has 0 atom stereocenters. The van der Waals surface area contributed by atoms with Crippen molar-refractivity contribution in [1.29, 1.82) is 0 Å². The average Bonchev–Trinajstić information content (AvgIpc) is 2.81. The molecule has 1 heterocycles. The van der Waals surface area contributed by atoms with Gasteiger partial charge in [0.2, 0.25) is 0 Å². The van der Waals surface area contributed by atoms with E-state index < -0.39 is 0 Å². The Morgan fingerprint density at radius 1 is 1.30 bits per heavy atom. The molecular weight excluding hydrogens is 425 g/mol. The molecule has 0 fully saturated rings. The monoisotopic (exact) mass is 435 g/mol. The van der Waals surface area contributed by atoms with Gasteiger partial charge in [-0.15, -0.1) is 11.3 Å². The predicted octanol–water partition coefficient (Wildman–Crippen LogP) is 5.59. The lowest BCUT2D eigenvalue weighted by Gasteiger charge is -2.21. The molecule has 2 aromatic rings. The van der Waals surface area contributed by atoms with Crippen molar-refractivity contribution < 1.29 is 4.79 Å². The SMILES string of the molecule is CCN(Cc1ccc(Br)s1)C(=O)c1ccc(Cl)cc1Br. The third-order valence-electron chi connectivity index (χ3n) is 2.81. The molecule has 0 aliphatic carbocycles. The summed E-state index contributed by atoms with van der Waals surface area (Å²) in [4.78, 5) is 15.5. The Hall–Kier alpha value is -0.360.